The molecule has 0 saturated heterocycles. The number of benzene rings is 1. The smallest absolute Gasteiger partial charge is 0.210 e. The lowest BCUT2D eigenvalue weighted by atomic mass is 10.3. The maximum absolute atomic E-state index is 5.90. The van der Waals surface area contributed by atoms with Gasteiger partial charge in [0, 0.05) is 5.69 Å². The topological polar surface area (TPSA) is 62.4 Å². The molecule has 4 nitrogen and oxygen atoms in total. The molecule has 0 amide bonds. The van der Waals surface area contributed by atoms with Crippen LogP contribution >= 0.6 is 23.2 Å². The number of guanidine groups is 1. The molecule has 0 radical (unpaired) electrons. The van der Waals surface area contributed by atoms with Crippen molar-refractivity contribution in [3.8, 4) is 0 Å². The van der Waals surface area contributed by atoms with Gasteiger partial charge in [-0.2, -0.15) is 0 Å². The molecule has 0 unspecified atom stereocenters. The normalized spacial score (nSPS) is 16.1. The zero-order valence-electron chi connectivity index (χ0n) is 8.50. The molecule has 0 heterocycles. The van der Waals surface area contributed by atoms with E-state index in [1.54, 1.807) is 12.1 Å². The number of nitrogens with one attached hydrogen (secondary N) is 2. The summed E-state index contributed by atoms with van der Waals surface area (Å²) in [6.07, 6.45) is 2.24. The van der Waals surface area contributed by atoms with Gasteiger partial charge in [0.25, 0.3) is 0 Å². The monoisotopic (exact) mass is 258 g/mol. The van der Waals surface area contributed by atoms with Crippen LogP contribution < -0.4 is 16.6 Å². The Morgan fingerprint density at radius 2 is 2.06 bits per heavy atom. The molecule has 2 rings (SSSR count). The molecule has 86 valence electrons. The number of rotatable bonds is 2. The number of halogens is 2. The first-order chi connectivity index (χ1) is 7.69. The number of nitrogens with two attached hydrogens (primary N) is 1. The lowest BCUT2D eigenvalue weighted by Crippen LogP contribution is -2.36. The van der Waals surface area contributed by atoms with Crippen LogP contribution in [0.5, 0.6) is 0 Å². The summed E-state index contributed by atoms with van der Waals surface area (Å²) in [4.78, 5) is 4.35. The van der Waals surface area contributed by atoms with Crippen LogP contribution in [0, 0.1) is 0 Å². The van der Waals surface area contributed by atoms with Gasteiger partial charge in [0.2, 0.25) is 5.96 Å². The quantitative estimate of drug-likeness (QED) is 0.331. The Labute approximate surface area is 104 Å². The molecule has 1 fully saturated rings. The first-order valence-corrected chi connectivity index (χ1v) is 5.71. The third-order valence-electron chi connectivity index (χ3n) is 2.18. The maximum atomic E-state index is 5.90. The predicted molar refractivity (Wildman–Crippen MR) is 67.9 cm³/mol. The third kappa shape index (κ3) is 3.01. The molecule has 1 aromatic carbocycles. The minimum atomic E-state index is 0.390. The van der Waals surface area contributed by atoms with Crippen LogP contribution in [-0.4, -0.2) is 12.0 Å². The van der Waals surface area contributed by atoms with E-state index in [-0.39, 0.29) is 0 Å². The van der Waals surface area contributed by atoms with E-state index >= 15 is 0 Å². The lowest BCUT2D eigenvalue weighted by Gasteiger charge is -2.09. The summed E-state index contributed by atoms with van der Waals surface area (Å²) >= 11 is 11.7. The molecule has 1 saturated carbocycles. The lowest BCUT2D eigenvalue weighted by molar-refractivity contribution is 0.966. The highest BCUT2D eigenvalue weighted by Crippen LogP contribution is 2.26. The van der Waals surface area contributed by atoms with Crippen LogP contribution in [0.3, 0.4) is 0 Å². The van der Waals surface area contributed by atoms with Crippen molar-refractivity contribution in [3.05, 3.63) is 28.2 Å². The second kappa shape index (κ2) is 4.91. The van der Waals surface area contributed by atoms with E-state index < -0.39 is 0 Å². The summed E-state index contributed by atoms with van der Waals surface area (Å²) in [5.41, 5.74) is 3.32. The number of hydrogen-bond donors (Lipinski definition) is 3. The Bertz CT molecular complexity index is 415. The Balaban J connectivity index is 2.09. The van der Waals surface area contributed by atoms with Crippen LogP contribution in [0.1, 0.15) is 12.8 Å². The number of hydrogen-bond acceptors (Lipinski definition) is 2. The van der Waals surface area contributed by atoms with Gasteiger partial charge in [-0.1, -0.05) is 23.2 Å². The zero-order valence-corrected chi connectivity index (χ0v) is 10.0. The maximum Gasteiger partial charge on any atom is 0.210 e. The molecule has 1 aliphatic carbocycles. The summed E-state index contributed by atoms with van der Waals surface area (Å²) < 4.78 is 0. The SMILES string of the molecule is NNC(=NC1CC1)Nc1ccc(Cl)c(Cl)c1. The number of hydrazine groups is 1. The summed E-state index contributed by atoms with van der Waals surface area (Å²) in [7, 11) is 0. The van der Waals surface area contributed by atoms with E-state index in [9.17, 15) is 0 Å². The van der Waals surface area contributed by atoms with Crippen LogP contribution in [0.15, 0.2) is 23.2 Å². The number of nitrogens with zero attached hydrogens (tertiary/aromatic N) is 1. The minimum absolute atomic E-state index is 0.390. The second-order valence-electron chi connectivity index (χ2n) is 3.61. The van der Waals surface area contributed by atoms with Gasteiger partial charge in [-0.15, -0.1) is 0 Å². The molecule has 0 aliphatic heterocycles. The Hall–Kier alpha value is -0.970. The predicted octanol–water partition coefficient (Wildman–Crippen LogP) is 2.39. The average Bonchev–Trinajstić information content (AvgIpc) is 3.06. The van der Waals surface area contributed by atoms with Crippen LogP contribution in [0.2, 0.25) is 10.0 Å². The minimum Gasteiger partial charge on any atom is -0.325 e. The first-order valence-electron chi connectivity index (χ1n) is 4.95. The molecule has 1 aliphatic rings. The Morgan fingerprint density at radius 1 is 1.31 bits per heavy atom. The highest BCUT2D eigenvalue weighted by molar-refractivity contribution is 6.42. The van der Waals surface area contributed by atoms with Gasteiger partial charge in [0.15, 0.2) is 0 Å². The molecule has 4 N–H and O–H groups in total. The molecule has 1 aromatic rings. The van der Waals surface area contributed by atoms with Gasteiger partial charge in [-0.05, 0) is 31.0 Å². The fourth-order valence-electron chi connectivity index (χ4n) is 1.20. The fourth-order valence-corrected chi connectivity index (χ4v) is 1.50. The Kier molecular flexibility index (Phi) is 3.53. The fraction of sp³-hybridized carbons (Fsp3) is 0.300. The van der Waals surface area contributed by atoms with Crippen LogP contribution in [-0.2, 0) is 0 Å². The number of anilines is 1. The van der Waals surface area contributed by atoms with Gasteiger partial charge >= 0.3 is 0 Å². The van der Waals surface area contributed by atoms with E-state index in [0.717, 1.165) is 18.5 Å². The molecular formula is C10H12Cl2N4. The van der Waals surface area contributed by atoms with Gasteiger partial charge < -0.3 is 5.32 Å². The van der Waals surface area contributed by atoms with E-state index in [2.05, 4.69) is 15.7 Å². The second-order valence-corrected chi connectivity index (χ2v) is 4.42. The highest BCUT2D eigenvalue weighted by atomic mass is 35.5. The van der Waals surface area contributed by atoms with Crippen molar-refractivity contribution in [2.75, 3.05) is 5.32 Å². The van der Waals surface area contributed by atoms with E-state index in [4.69, 9.17) is 29.0 Å². The van der Waals surface area contributed by atoms with Crippen molar-refractivity contribution >= 4 is 34.8 Å². The summed E-state index contributed by atoms with van der Waals surface area (Å²) in [6.45, 7) is 0. The van der Waals surface area contributed by atoms with E-state index in [1.165, 1.54) is 0 Å². The summed E-state index contributed by atoms with van der Waals surface area (Å²) in [5, 5.41) is 4.06. The van der Waals surface area contributed by atoms with Crippen molar-refractivity contribution in [2.24, 2.45) is 10.8 Å². The summed E-state index contributed by atoms with van der Waals surface area (Å²) in [6, 6.07) is 5.65. The van der Waals surface area contributed by atoms with Gasteiger partial charge in [0.1, 0.15) is 0 Å². The molecular weight excluding hydrogens is 247 g/mol. The van der Waals surface area contributed by atoms with Crippen molar-refractivity contribution in [3.63, 3.8) is 0 Å². The van der Waals surface area contributed by atoms with Gasteiger partial charge in [-0.3, -0.25) is 5.43 Å². The molecule has 0 bridgehead atoms. The van der Waals surface area contributed by atoms with Crippen molar-refractivity contribution in [1.82, 2.24) is 5.43 Å². The average molecular weight is 259 g/mol. The van der Waals surface area contributed by atoms with Crippen molar-refractivity contribution in [1.29, 1.82) is 0 Å². The standard InChI is InChI=1S/C10H12Cl2N4/c11-8-4-3-7(5-9(8)12)15-10(16-13)14-6-1-2-6/h3-6H,1-2,13H2,(H2,14,15,16). The van der Waals surface area contributed by atoms with Gasteiger partial charge in [-0.25, -0.2) is 10.8 Å². The van der Waals surface area contributed by atoms with E-state index in [1.807, 2.05) is 6.07 Å². The highest BCUT2D eigenvalue weighted by Gasteiger charge is 2.20. The molecule has 0 aromatic heterocycles. The third-order valence-corrected chi connectivity index (χ3v) is 2.92. The van der Waals surface area contributed by atoms with Crippen molar-refractivity contribution in [2.45, 2.75) is 18.9 Å². The van der Waals surface area contributed by atoms with Crippen molar-refractivity contribution < 1.29 is 0 Å². The Morgan fingerprint density at radius 3 is 2.62 bits per heavy atom. The summed E-state index contributed by atoms with van der Waals surface area (Å²) in [5.74, 6) is 5.90. The molecule has 0 spiro atoms. The largest absolute Gasteiger partial charge is 0.325 e. The number of aliphatic imine (C=N–C) groups is 1. The van der Waals surface area contributed by atoms with Crippen LogP contribution in [0.25, 0.3) is 0 Å². The molecule has 16 heavy (non-hydrogen) atoms. The van der Waals surface area contributed by atoms with E-state index in [0.29, 0.717) is 22.0 Å². The molecule has 6 heteroatoms. The van der Waals surface area contributed by atoms with Gasteiger partial charge in [0.05, 0.1) is 16.1 Å². The molecule has 0 atom stereocenters. The first kappa shape index (κ1) is 11.5. The van der Waals surface area contributed by atoms with Crippen LogP contribution in [0.4, 0.5) is 5.69 Å². The zero-order chi connectivity index (χ0) is 11.5.